The molecule has 10 nitrogen and oxygen atoms in total. The molecule has 6 bridgehead atoms. The highest BCUT2D eigenvalue weighted by molar-refractivity contribution is 7.10. The smallest absolute Gasteiger partial charge is 0.324 e. The van der Waals surface area contributed by atoms with Gasteiger partial charge in [0.1, 0.15) is 6.04 Å². The van der Waals surface area contributed by atoms with Gasteiger partial charge in [0.25, 0.3) is 5.91 Å². The quantitative estimate of drug-likeness (QED) is 0.313. The van der Waals surface area contributed by atoms with Crippen molar-refractivity contribution >= 4 is 34.2 Å². The summed E-state index contributed by atoms with van der Waals surface area (Å²) in [6, 6.07) is 6.89. The Hall–Kier alpha value is -3.67. The van der Waals surface area contributed by atoms with Crippen LogP contribution in [0.2, 0.25) is 0 Å². The number of esters is 1. The first-order valence-electron chi connectivity index (χ1n) is 15.5. The lowest BCUT2D eigenvalue weighted by atomic mass is 9.84. The zero-order valence-corrected chi connectivity index (χ0v) is 26.9. The van der Waals surface area contributed by atoms with Gasteiger partial charge in [-0.3, -0.25) is 19.6 Å². The number of hydrogen-bond acceptors (Lipinski definition) is 9. The van der Waals surface area contributed by atoms with Crippen molar-refractivity contribution in [1.82, 2.24) is 30.0 Å². The zero-order valence-electron chi connectivity index (χ0n) is 26.1. The minimum Gasteiger partial charge on any atom is -0.464 e. The summed E-state index contributed by atoms with van der Waals surface area (Å²) < 4.78 is 8.27. The summed E-state index contributed by atoms with van der Waals surface area (Å²) in [5.41, 5.74) is 16.8. The fourth-order valence-corrected chi connectivity index (χ4v) is 7.17. The number of aromatic nitrogens is 4. The summed E-state index contributed by atoms with van der Waals surface area (Å²) in [7, 11) is 0. The number of amides is 1. The van der Waals surface area contributed by atoms with E-state index in [1.165, 1.54) is 16.3 Å². The summed E-state index contributed by atoms with van der Waals surface area (Å²) in [5, 5.41) is 4.22. The molecule has 0 spiro atoms. The molecule has 3 N–H and O–H groups in total. The molecule has 1 fully saturated rings. The van der Waals surface area contributed by atoms with E-state index in [1.807, 2.05) is 23.7 Å². The fourth-order valence-electron chi connectivity index (χ4n) is 6.32. The summed E-state index contributed by atoms with van der Waals surface area (Å²) in [6.45, 7) is 12.2. The predicted octanol–water partition coefficient (Wildman–Crippen LogP) is 4.86. The SMILES string of the molecule is CCn1c(-c2cccnc2C(C)C)c2c3nc(ccc31)-c1csc(n1)C[C@H](N)C(=O)N1CCC[C@H](N1)C(=O)OCC(C)(C)C2. The largest absolute Gasteiger partial charge is 0.464 e. The minimum atomic E-state index is -0.785. The molecule has 4 aromatic heterocycles. The number of rotatable bonds is 3. The Labute approximate surface area is 262 Å². The van der Waals surface area contributed by atoms with Crippen molar-refractivity contribution in [3.63, 3.8) is 0 Å². The van der Waals surface area contributed by atoms with E-state index in [2.05, 4.69) is 56.7 Å². The van der Waals surface area contributed by atoms with Crippen LogP contribution in [0.4, 0.5) is 0 Å². The number of carbonyl (C=O) groups excluding carboxylic acids is 2. The van der Waals surface area contributed by atoms with Crippen LogP contribution in [-0.2, 0) is 33.7 Å². The number of carbonyl (C=O) groups is 2. The van der Waals surface area contributed by atoms with E-state index in [0.29, 0.717) is 32.2 Å². The third-order valence-corrected chi connectivity index (χ3v) is 9.36. The number of pyridine rings is 2. The van der Waals surface area contributed by atoms with Gasteiger partial charge in [0.2, 0.25) is 0 Å². The minimum absolute atomic E-state index is 0.217. The molecule has 232 valence electrons. The molecule has 0 unspecified atom stereocenters. The van der Waals surface area contributed by atoms with Crippen molar-refractivity contribution in [3.8, 4) is 22.6 Å². The molecular weight excluding hydrogens is 574 g/mol. The molecule has 2 aliphatic rings. The Morgan fingerprint density at radius 1 is 1.18 bits per heavy atom. The lowest BCUT2D eigenvalue weighted by molar-refractivity contribution is -0.154. The Morgan fingerprint density at radius 2 is 2.00 bits per heavy atom. The van der Waals surface area contributed by atoms with Crippen LogP contribution in [0.5, 0.6) is 0 Å². The zero-order chi connectivity index (χ0) is 31.2. The van der Waals surface area contributed by atoms with E-state index in [0.717, 1.165) is 56.5 Å². The molecule has 2 atom stereocenters. The van der Waals surface area contributed by atoms with Gasteiger partial charge in [0.05, 0.1) is 51.5 Å². The maximum Gasteiger partial charge on any atom is 0.324 e. The number of nitrogens with zero attached hydrogens (tertiary/aromatic N) is 5. The van der Waals surface area contributed by atoms with E-state index in [1.54, 1.807) is 0 Å². The number of thiazole rings is 1. The van der Waals surface area contributed by atoms with Gasteiger partial charge in [0.15, 0.2) is 0 Å². The third-order valence-electron chi connectivity index (χ3n) is 8.49. The average molecular weight is 616 g/mol. The van der Waals surface area contributed by atoms with Crippen molar-refractivity contribution in [2.75, 3.05) is 13.2 Å². The maximum atomic E-state index is 13.3. The number of cyclic esters (lactones) is 1. The van der Waals surface area contributed by atoms with Crippen molar-refractivity contribution in [1.29, 1.82) is 0 Å². The van der Waals surface area contributed by atoms with E-state index in [-0.39, 0.29) is 24.4 Å². The molecule has 44 heavy (non-hydrogen) atoms. The first kappa shape index (κ1) is 30.4. The highest BCUT2D eigenvalue weighted by atomic mass is 32.1. The van der Waals surface area contributed by atoms with Crippen LogP contribution in [0, 0.1) is 5.41 Å². The van der Waals surface area contributed by atoms with Crippen LogP contribution in [-0.4, -0.2) is 61.6 Å². The van der Waals surface area contributed by atoms with Crippen molar-refractivity contribution in [2.45, 2.75) is 84.8 Å². The standard InChI is InChI=1S/C33H41N7O3S/c1-6-39-26-12-11-23-25-17-44-27(36-25)15-22(34)31(41)40-14-8-10-24(38-40)32(42)43-18-33(4,5)16-21(29(26)37-23)30(39)20-9-7-13-35-28(20)19(2)3/h7,9,11-13,17,19,22,24,38H,6,8,10,14-16,18,34H2,1-5H3/t22-,24-/m0/s1. The molecule has 0 saturated carbocycles. The molecule has 6 rings (SSSR count). The molecule has 0 aromatic carbocycles. The number of nitrogens with two attached hydrogens (primary N) is 1. The summed E-state index contributed by atoms with van der Waals surface area (Å²) in [4.78, 5) is 41.4. The highest BCUT2D eigenvalue weighted by Crippen LogP contribution is 2.40. The molecule has 1 saturated heterocycles. The monoisotopic (exact) mass is 615 g/mol. The summed E-state index contributed by atoms with van der Waals surface area (Å²) in [5.74, 6) is -0.386. The van der Waals surface area contributed by atoms with Gasteiger partial charge >= 0.3 is 5.97 Å². The number of hydrogen-bond donors (Lipinski definition) is 2. The van der Waals surface area contributed by atoms with Crippen LogP contribution in [0.15, 0.2) is 35.8 Å². The molecule has 2 aliphatic heterocycles. The van der Waals surface area contributed by atoms with Gasteiger partial charge in [0, 0.05) is 47.6 Å². The first-order valence-corrected chi connectivity index (χ1v) is 16.4. The molecule has 0 aliphatic carbocycles. The molecule has 4 aromatic rings. The van der Waals surface area contributed by atoms with E-state index in [4.69, 9.17) is 25.4 Å². The lowest BCUT2D eigenvalue weighted by Gasteiger charge is -2.34. The van der Waals surface area contributed by atoms with Crippen molar-refractivity contribution < 1.29 is 14.3 Å². The third kappa shape index (κ3) is 5.76. The van der Waals surface area contributed by atoms with Crippen LogP contribution >= 0.6 is 11.3 Å². The molecule has 0 radical (unpaired) electrons. The first-order chi connectivity index (χ1) is 21.1. The Kier molecular flexibility index (Phi) is 8.29. The second kappa shape index (κ2) is 12.0. The summed E-state index contributed by atoms with van der Waals surface area (Å²) >= 11 is 1.48. The second-order valence-electron chi connectivity index (χ2n) is 12.9. The van der Waals surface area contributed by atoms with Crippen LogP contribution in [0.25, 0.3) is 33.7 Å². The van der Waals surface area contributed by atoms with Gasteiger partial charge in [-0.1, -0.05) is 27.7 Å². The van der Waals surface area contributed by atoms with E-state index < -0.39 is 17.5 Å². The number of ether oxygens (including phenoxy) is 1. The van der Waals surface area contributed by atoms with E-state index >= 15 is 0 Å². The van der Waals surface area contributed by atoms with Crippen molar-refractivity contribution in [3.05, 3.63) is 52.1 Å². The van der Waals surface area contributed by atoms with Gasteiger partial charge in [-0.25, -0.2) is 15.4 Å². The maximum absolute atomic E-state index is 13.3. The number of fused-ring (bicyclic) bond motifs is 6. The number of aryl methyl sites for hydroxylation is 1. The second-order valence-corrected chi connectivity index (χ2v) is 13.9. The highest BCUT2D eigenvalue weighted by Gasteiger charge is 2.34. The molecular formula is C33H41N7O3S. The van der Waals surface area contributed by atoms with Gasteiger partial charge in [-0.2, -0.15) is 0 Å². The van der Waals surface area contributed by atoms with Gasteiger partial charge in [-0.15, -0.1) is 11.3 Å². The van der Waals surface area contributed by atoms with E-state index in [9.17, 15) is 9.59 Å². The number of nitrogens with one attached hydrogen (secondary N) is 1. The topological polar surface area (TPSA) is 128 Å². The lowest BCUT2D eigenvalue weighted by Crippen LogP contribution is -2.59. The molecule has 6 heterocycles. The summed E-state index contributed by atoms with van der Waals surface area (Å²) in [6.07, 6.45) is 4.06. The van der Waals surface area contributed by atoms with Crippen LogP contribution < -0.4 is 11.2 Å². The van der Waals surface area contributed by atoms with Crippen molar-refractivity contribution in [2.24, 2.45) is 11.1 Å². The predicted molar refractivity (Wildman–Crippen MR) is 172 cm³/mol. The fraction of sp³-hybridized carbons (Fsp3) is 0.485. The number of hydrazine groups is 1. The molecule has 1 amide bonds. The molecule has 11 heteroatoms. The Morgan fingerprint density at radius 3 is 2.77 bits per heavy atom. The van der Waals surface area contributed by atoms with Crippen LogP contribution in [0.1, 0.15) is 69.6 Å². The Balaban J connectivity index is 1.53. The van der Waals surface area contributed by atoms with Gasteiger partial charge in [-0.05, 0) is 56.4 Å². The Bertz CT molecular complexity index is 1710. The normalized spacial score (nSPS) is 21.0. The average Bonchev–Trinajstić information content (AvgIpc) is 3.60. The van der Waals surface area contributed by atoms with Gasteiger partial charge < -0.3 is 15.0 Å². The van der Waals surface area contributed by atoms with Crippen LogP contribution in [0.3, 0.4) is 0 Å².